The summed E-state index contributed by atoms with van der Waals surface area (Å²) in [6.45, 7) is 4.49. The number of fused-ring (bicyclic) bond motifs is 1. The van der Waals surface area contributed by atoms with Gasteiger partial charge >= 0.3 is 0 Å². The van der Waals surface area contributed by atoms with E-state index in [1.165, 1.54) is 15.6 Å². The van der Waals surface area contributed by atoms with E-state index in [0.29, 0.717) is 13.2 Å². The second kappa shape index (κ2) is 7.01. The molecule has 1 atom stereocenters. The van der Waals surface area contributed by atoms with Gasteiger partial charge in [-0.15, -0.1) is 11.3 Å². The van der Waals surface area contributed by atoms with Gasteiger partial charge in [-0.1, -0.05) is 6.07 Å². The third-order valence-corrected chi connectivity index (χ3v) is 4.17. The molecule has 0 amide bonds. The molecule has 0 radical (unpaired) electrons. The second-order valence-electron chi connectivity index (χ2n) is 4.76. The van der Waals surface area contributed by atoms with Gasteiger partial charge in [0.25, 0.3) is 0 Å². The average molecular weight is 279 g/mol. The second-order valence-corrected chi connectivity index (χ2v) is 5.71. The van der Waals surface area contributed by atoms with E-state index in [1.807, 2.05) is 7.05 Å². The summed E-state index contributed by atoms with van der Waals surface area (Å²) in [6, 6.07) is 8.65. The number of hydrogen-bond donors (Lipinski definition) is 1. The van der Waals surface area contributed by atoms with Crippen LogP contribution in [-0.4, -0.2) is 43.4 Å². The fraction of sp³-hybridized carbons (Fsp3) is 0.467. The Balaban J connectivity index is 1.86. The molecule has 2 rings (SSSR count). The highest BCUT2D eigenvalue weighted by Gasteiger charge is 2.07. The summed E-state index contributed by atoms with van der Waals surface area (Å²) in [5.41, 5.74) is 1.22. The first-order valence-corrected chi connectivity index (χ1v) is 7.47. The molecule has 2 aromatic rings. The third-order valence-electron chi connectivity index (χ3n) is 3.27. The first kappa shape index (κ1) is 14.5. The van der Waals surface area contributed by atoms with Gasteiger partial charge in [0, 0.05) is 17.8 Å². The van der Waals surface area contributed by atoms with Crippen LogP contribution >= 0.6 is 11.3 Å². The van der Waals surface area contributed by atoms with E-state index >= 15 is 0 Å². The molecule has 0 aliphatic carbocycles. The topological polar surface area (TPSA) is 32.7 Å². The maximum Gasteiger partial charge on any atom is 0.0797 e. The molecule has 0 spiro atoms. The molecule has 1 aromatic heterocycles. The van der Waals surface area contributed by atoms with Gasteiger partial charge in [-0.05, 0) is 48.5 Å². The number of benzene rings is 1. The number of rotatable bonds is 7. The van der Waals surface area contributed by atoms with Crippen LogP contribution in [0.15, 0.2) is 29.6 Å². The first-order chi connectivity index (χ1) is 9.20. The van der Waals surface area contributed by atoms with Gasteiger partial charge in [-0.3, -0.25) is 0 Å². The molecule has 104 valence electrons. The zero-order valence-electron chi connectivity index (χ0n) is 11.5. The highest BCUT2D eigenvalue weighted by Crippen LogP contribution is 2.25. The van der Waals surface area contributed by atoms with E-state index in [9.17, 15) is 0 Å². The van der Waals surface area contributed by atoms with Crippen LogP contribution in [0.3, 0.4) is 0 Å². The van der Waals surface area contributed by atoms with Crippen LogP contribution in [0.25, 0.3) is 10.1 Å². The molecule has 19 heavy (non-hydrogen) atoms. The van der Waals surface area contributed by atoms with Crippen LogP contribution < -0.4 is 0 Å². The van der Waals surface area contributed by atoms with E-state index in [-0.39, 0.29) is 12.7 Å². The maximum atomic E-state index is 8.82. The Morgan fingerprint density at radius 2 is 2.16 bits per heavy atom. The number of ether oxygens (including phenoxy) is 1. The van der Waals surface area contributed by atoms with Gasteiger partial charge in [-0.25, -0.2) is 0 Å². The van der Waals surface area contributed by atoms with E-state index in [0.717, 1.165) is 6.54 Å². The zero-order chi connectivity index (χ0) is 13.7. The Bertz CT molecular complexity index is 512. The first-order valence-electron chi connectivity index (χ1n) is 6.59. The minimum Gasteiger partial charge on any atom is -0.395 e. The van der Waals surface area contributed by atoms with E-state index < -0.39 is 0 Å². The van der Waals surface area contributed by atoms with E-state index in [1.54, 1.807) is 11.3 Å². The molecule has 0 saturated heterocycles. The molecular weight excluding hydrogens is 258 g/mol. The lowest BCUT2D eigenvalue weighted by Crippen LogP contribution is -2.26. The Labute approximate surface area is 118 Å². The van der Waals surface area contributed by atoms with Crippen molar-refractivity contribution in [3.05, 3.63) is 35.2 Å². The van der Waals surface area contributed by atoms with Crippen molar-refractivity contribution in [2.45, 2.75) is 13.0 Å². The average Bonchev–Trinajstić information content (AvgIpc) is 2.86. The van der Waals surface area contributed by atoms with Crippen LogP contribution in [0.4, 0.5) is 0 Å². The van der Waals surface area contributed by atoms with Crippen molar-refractivity contribution in [2.75, 3.05) is 33.4 Å². The molecule has 0 saturated carbocycles. The fourth-order valence-corrected chi connectivity index (χ4v) is 2.77. The number of nitrogens with zero attached hydrogens (tertiary/aromatic N) is 1. The number of aliphatic hydroxyl groups excluding tert-OH is 1. The maximum absolute atomic E-state index is 8.82. The molecule has 1 heterocycles. The van der Waals surface area contributed by atoms with Crippen molar-refractivity contribution in [2.24, 2.45) is 0 Å². The molecule has 0 fully saturated rings. The minimum atomic E-state index is 0.104. The van der Waals surface area contributed by atoms with Crippen LogP contribution in [-0.2, 0) is 4.74 Å². The van der Waals surface area contributed by atoms with Gasteiger partial charge in [0.1, 0.15) is 0 Å². The number of likely N-dealkylation sites (N-methyl/N-ethyl adjacent to an activating group) is 1. The van der Waals surface area contributed by atoms with Gasteiger partial charge < -0.3 is 14.7 Å². The van der Waals surface area contributed by atoms with Gasteiger partial charge in [0.15, 0.2) is 0 Å². The van der Waals surface area contributed by atoms with Crippen LogP contribution in [0.5, 0.6) is 0 Å². The molecule has 0 aliphatic rings. The minimum absolute atomic E-state index is 0.104. The summed E-state index contributed by atoms with van der Waals surface area (Å²) < 4.78 is 7.17. The lowest BCUT2D eigenvalue weighted by atomic mass is 10.1. The fourth-order valence-electron chi connectivity index (χ4n) is 2.00. The summed E-state index contributed by atoms with van der Waals surface area (Å²) >= 11 is 1.76. The normalized spacial score (nSPS) is 13.3. The van der Waals surface area contributed by atoms with Crippen LogP contribution in [0.2, 0.25) is 0 Å². The Morgan fingerprint density at radius 1 is 1.32 bits per heavy atom. The number of hydrogen-bond acceptors (Lipinski definition) is 4. The smallest absolute Gasteiger partial charge is 0.0797 e. The van der Waals surface area contributed by atoms with Gasteiger partial charge in [0.05, 0.1) is 19.3 Å². The molecular formula is C15H21NO2S. The van der Waals surface area contributed by atoms with Crippen molar-refractivity contribution in [3.63, 3.8) is 0 Å². The lowest BCUT2D eigenvalue weighted by Gasteiger charge is -2.18. The highest BCUT2D eigenvalue weighted by atomic mass is 32.1. The molecule has 3 nitrogen and oxygen atoms in total. The zero-order valence-corrected chi connectivity index (χ0v) is 12.3. The Kier molecular flexibility index (Phi) is 5.34. The number of aliphatic hydroxyl groups is 1. The molecule has 0 bridgehead atoms. The quantitative estimate of drug-likeness (QED) is 0.846. The predicted octanol–water partition coefficient (Wildman–Crippen LogP) is 2.90. The van der Waals surface area contributed by atoms with Crippen molar-refractivity contribution in [3.8, 4) is 0 Å². The van der Waals surface area contributed by atoms with Crippen LogP contribution in [0, 0.1) is 0 Å². The lowest BCUT2D eigenvalue weighted by molar-refractivity contribution is 0.0496. The summed E-state index contributed by atoms with van der Waals surface area (Å²) in [5.74, 6) is 0. The summed E-state index contributed by atoms with van der Waals surface area (Å²) in [7, 11) is 1.99. The molecule has 0 aliphatic heterocycles. The Hall–Kier alpha value is -0.940. The predicted molar refractivity (Wildman–Crippen MR) is 80.8 cm³/mol. The molecule has 1 aromatic carbocycles. The molecule has 4 heteroatoms. The van der Waals surface area contributed by atoms with Crippen molar-refractivity contribution >= 4 is 21.4 Å². The summed E-state index contributed by atoms with van der Waals surface area (Å²) in [6.07, 6.45) is 0.104. The monoisotopic (exact) mass is 279 g/mol. The number of thiophene rings is 1. The summed E-state index contributed by atoms with van der Waals surface area (Å²) in [4.78, 5) is 2.06. The van der Waals surface area contributed by atoms with Crippen molar-refractivity contribution in [1.29, 1.82) is 0 Å². The van der Waals surface area contributed by atoms with Crippen molar-refractivity contribution in [1.82, 2.24) is 4.90 Å². The van der Waals surface area contributed by atoms with Crippen molar-refractivity contribution < 1.29 is 9.84 Å². The highest BCUT2D eigenvalue weighted by molar-refractivity contribution is 7.17. The Morgan fingerprint density at radius 3 is 2.95 bits per heavy atom. The SMILES string of the molecule is CC(OCCN(C)CCO)c1ccc2sccc2c1. The van der Waals surface area contributed by atoms with Crippen LogP contribution in [0.1, 0.15) is 18.6 Å². The summed E-state index contributed by atoms with van der Waals surface area (Å²) in [5, 5.41) is 12.2. The third kappa shape index (κ3) is 4.01. The molecule has 1 N–H and O–H groups in total. The largest absolute Gasteiger partial charge is 0.395 e. The standard InChI is InChI=1S/C15H21NO2S/c1-12(18-9-7-16(2)6-8-17)13-3-4-15-14(11-13)5-10-19-15/h3-5,10-12,17H,6-9H2,1-2H3. The van der Waals surface area contributed by atoms with Gasteiger partial charge in [0.2, 0.25) is 0 Å². The molecule has 1 unspecified atom stereocenters. The van der Waals surface area contributed by atoms with E-state index in [4.69, 9.17) is 9.84 Å². The van der Waals surface area contributed by atoms with Gasteiger partial charge in [-0.2, -0.15) is 0 Å². The van der Waals surface area contributed by atoms with E-state index in [2.05, 4.69) is 41.5 Å².